The number of amides is 2. The molecule has 3 rings (SSSR count). The molecule has 148 valence electrons. The zero-order valence-electron chi connectivity index (χ0n) is 16.1. The lowest BCUT2D eigenvalue weighted by Crippen LogP contribution is -2.45. The van der Waals surface area contributed by atoms with Crippen LogP contribution in [-0.2, 0) is 16.1 Å². The van der Waals surface area contributed by atoms with Crippen molar-refractivity contribution in [2.24, 2.45) is 5.92 Å². The van der Waals surface area contributed by atoms with Crippen LogP contribution in [0.3, 0.4) is 0 Å². The fourth-order valence-electron chi connectivity index (χ4n) is 3.46. The standard InChI is InChI=1S/C22H26BrN3O2/c1-25(14-17-8-5-6-12-20(17)23)21(27)16-26-13-7-9-18(15-26)22(28)24-19-10-3-2-4-11-19/h2-6,8,10-12,18H,7,9,13-16H2,1H3,(H,24,28)/t18-/m1/s1. The van der Waals surface area contributed by atoms with E-state index in [0.29, 0.717) is 19.6 Å². The second kappa shape index (κ2) is 9.85. The topological polar surface area (TPSA) is 52.7 Å². The number of anilines is 1. The van der Waals surface area contributed by atoms with E-state index in [-0.39, 0.29) is 17.7 Å². The predicted molar refractivity (Wildman–Crippen MR) is 115 cm³/mol. The van der Waals surface area contributed by atoms with Gasteiger partial charge in [-0.05, 0) is 43.1 Å². The molecule has 1 fully saturated rings. The van der Waals surface area contributed by atoms with Crippen LogP contribution in [0.25, 0.3) is 0 Å². The summed E-state index contributed by atoms with van der Waals surface area (Å²) < 4.78 is 1.00. The first-order valence-corrected chi connectivity index (χ1v) is 10.4. The molecule has 2 amide bonds. The summed E-state index contributed by atoms with van der Waals surface area (Å²) in [6.45, 7) is 2.37. The number of benzene rings is 2. The lowest BCUT2D eigenvalue weighted by atomic mass is 9.97. The van der Waals surface area contributed by atoms with Crippen molar-refractivity contribution in [2.45, 2.75) is 19.4 Å². The van der Waals surface area contributed by atoms with Crippen molar-refractivity contribution in [2.75, 3.05) is 32.0 Å². The Labute approximate surface area is 174 Å². The van der Waals surface area contributed by atoms with Gasteiger partial charge in [-0.2, -0.15) is 0 Å². The van der Waals surface area contributed by atoms with Crippen LogP contribution in [0.15, 0.2) is 59.1 Å². The van der Waals surface area contributed by atoms with Crippen LogP contribution in [0, 0.1) is 5.92 Å². The van der Waals surface area contributed by atoms with E-state index < -0.39 is 0 Å². The predicted octanol–water partition coefficient (Wildman–Crippen LogP) is 3.76. The van der Waals surface area contributed by atoms with Gasteiger partial charge in [-0.1, -0.05) is 52.3 Å². The molecule has 0 bridgehead atoms. The fourth-order valence-corrected chi connectivity index (χ4v) is 3.87. The molecule has 1 atom stereocenters. The summed E-state index contributed by atoms with van der Waals surface area (Å²) in [5, 5.41) is 2.98. The van der Waals surface area contributed by atoms with Crippen molar-refractivity contribution in [3.63, 3.8) is 0 Å². The molecule has 0 saturated carbocycles. The number of carbonyl (C=O) groups is 2. The molecule has 1 saturated heterocycles. The lowest BCUT2D eigenvalue weighted by Gasteiger charge is -2.32. The third-order valence-corrected chi connectivity index (χ3v) is 5.84. The number of hydrogen-bond acceptors (Lipinski definition) is 3. The van der Waals surface area contributed by atoms with Crippen molar-refractivity contribution in [3.8, 4) is 0 Å². The summed E-state index contributed by atoms with van der Waals surface area (Å²) in [6.07, 6.45) is 1.78. The van der Waals surface area contributed by atoms with Gasteiger partial charge in [-0.25, -0.2) is 0 Å². The molecule has 0 aliphatic carbocycles. The van der Waals surface area contributed by atoms with E-state index in [1.165, 1.54) is 0 Å². The molecular weight excluding hydrogens is 418 g/mol. The number of likely N-dealkylation sites (tertiary alicyclic amines) is 1. The molecule has 1 N–H and O–H groups in total. The van der Waals surface area contributed by atoms with Crippen molar-refractivity contribution in [1.82, 2.24) is 9.80 Å². The minimum absolute atomic E-state index is 0.0323. The van der Waals surface area contributed by atoms with Gasteiger partial charge in [0, 0.05) is 30.3 Å². The summed E-state index contributed by atoms with van der Waals surface area (Å²) in [6, 6.07) is 17.4. The molecule has 1 aliphatic heterocycles. The number of carbonyl (C=O) groups excluding carboxylic acids is 2. The zero-order valence-corrected chi connectivity index (χ0v) is 17.7. The van der Waals surface area contributed by atoms with Crippen molar-refractivity contribution in [1.29, 1.82) is 0 Å². The molecule has 0 aromatic heterocycles. The van der Waals surface area contributed by atoms with E-state index in [1.807, 2.05) is 61.6 Å². The van der Waals surface area contributed by atoms with E-state index in [0.717, 1.165) is 35.1 Å². The molecule has 1 heterocycles. The van der Waals surface area contributed by atoms with Gasteiger partial charge in [0.2, 0.25) is 11.8 Å². The maximum absolute atomic E-state index is 12.7. The highest BCUT2D eigenvalue weighted by Crippen LogP contribution is 2.20. The molecule has 0 spiro atoms. The third kappa shape index (κ3) is 5.66. The van der Waals surface area contributed by atoms with Gasteiger partial charge in [0.1, 0.15) is 0 Å². The van der Waals surface area contributed by atoms with Gasteiger partial charge < -0.3 is 10.2 Å². The van der Waals surface area contributed by atoms with Crippen LogP contribution in [0.1, 0.15) is 18.4 Å². The third-order valence-electron chi connectivity index (χ3n) is 5.07. The first-order chi connectivity index (χ1) is 13.5. The first-order valence-electron chi connectivity index (χ1n) is 9.58. The average molecular weight is 444 g/mol. The van der Waals surface area contributed by atoms with Crippen molar-refractivity contribution in [3.05, 3.63) is 64.6 Å². The van der Waals surface area contributed by atoms with Crippen molar-refractivity contribution >= 4 is 33.4 Å². The largest absolute Gasteiger partial charge is 0.340 e. The number of hydrogen-bond donors (Lipinski definition) is 1. The maximum atomic E-state index is 12.7. The van der Waals surface area contributed by atoms with E-state index in [1.54, 1.807) is 4.90 Å². The van der Waals surface area contributed by atoms with Gasteiger partial charge >= 0.3 is 0 Å². The smallest absolute Gasteiger partial charge is 0.236 e. The van der Waals surface area contributed by atoms with Crippen LogP contribution in [0.5, 0.6) is 0 Å². The number of halogens is 1. The Morgan fingerprint density at radius 3 is 2.61 bits per heavy atom. The van der Waals surface area contributed by atoms with E-state index in [4.69, 9.17) is 0 Å². The van der Waals surface area contributed by atoms with E-state index in [2.05, 4.69) is 26.1 Å². The summed E-state index contributed by atoms with van der Waals surface area (Å²) in [5.74, 6) is 0.0140. The summed E-state index contributed by atoms with van der Waals surface area (Å²) >= 11 is 3.53. The van der Waals surface area contributed by atoms with Crippen LogP contribution in [0.2, 0.25) is 0 Å². The number of para-hydroxylation sites is 1. The summed E-state index contributed by atoms with van der Waals surface area (Å²) in [5.41, 5.74) is 1.89. The van der Waals surface area contributed by atoms with Gasteiger partial charge in [0.05, 0.1) is 12.5 Å². The Balaban J connectivity index is 1.51. The SMILES string of the molecule is CN(Cc1ccccc1Br)C(=O)CN1CCC[C@@H](C(=O)Nc2ccccc2)C1. The molecule has 2 aromatic carbocycles. The quantitative estimate of drug-likeness (QED) is 0.739. The van der Waals surface area contributed by atoms with Crippen LogP contribution in [-0.4, -0.2) is 48.3 Å². The second-order valence-electron chi connectivity index (χ2n) is 7.27. The maximum Gasteiger partial charge on any atom is 0.236 e. The first kappa shape index (κ1) is 20.6. The normalized spacial score (nSPS) is 17.1. The van der Waals surface area contributed by atoms with Gasteiger partial charge in [-0.15, -0.1) is 0 Å². The van der Waals surface area contributed by atoms with Gasteiger partial charge in [-0.3, -0.25) is 14.5 Å². The Kier molecular flexibility index (Phi) is 7.23. The highest BCUT2D eigenvalue weighted by Gasteiger charge is 2.27. The lowest BCUT2D eigenvalue weighted by molar-refractivity contribution is -0.133. The molecule has 2 aromatic rings. The molecule has 5 nitrogen and oxygen atoms in total. The monoisotopic (exact) mass is 443 g/mol. The molecule has 28 heavy (non-hydrogen) atoms. The number of nitrogens with zero attached hydrogens (tertiary/aromatic N) is 2. The minimum Gasteiger partial charge on any atom is -0.340 e. The number of nitrogens with one attached hydrogen (secondary N) is 1. The fraction of sp³-hybridized carbons (Fsp3) is 0.364. The van der Waals surface area contributed by atoms with Gasteiger partial charge in [0.15, 0.2) is 0 Å². The number of piperidine rings is 1. The Morgan fingerprint density at radius 1 is 1.14 bits per heavy atom. The Bertz CT molecular complexity index is 812. The van der Waals surface area contributed by atoms with E-state index in [9.17, 15) is 9.59 Å². The summed E-state index contributed by atoms with van der Waals surface area (Å²) in [7, 11) is 1.82. The number of rotatable bonds is 6. The minimum atomic E-state index is -0.0877. The second-order valence-corrected chi connectivity index (χ2v) is 8.13. The van der Waals surface area contributed by atoms with Crippen LogP contribution >= 0.6 is 15.9 Å². The van der Waals surface area contributed by atoms with Crippen LogP contribution < -0.4 is 5.32 Å². The Hall–Kier alpha value is -2.18. The molecule has 0 unspecified atom stereocenters. The van der Waals surface area contributed by atoms with Crippen LogP contribution in [0.4, 0.5) is 5.69 Å². The van der Waals surface area contributed by atoms with Gasteiger partial charge in [0.25, 0.3) is 0 Å². The molecule has 1 aliphatic rings. The summed E-state index contributed by atoms with van der Waals surface area (Å²) in [4.78, 5) is 29.1. The molecule has 0 radical (unpaired) electrons. The van der Waals surface area contributed by atoms with E-state index >= 15 is 0 Å². The highest BCUT2D eigenvalue weighted by atomic mass is 79.9. The Morgan fingerprint density at radius 2 is 1.86 bits per heavy atom. The number of likely N-dealkylation sites (N-methyl/N-ethyl adjacent to an activating group) is 1. The molecular formula is C22H26BrN3O2. The highest BCUT2D eigenvalue weighted by molar-refractivity contribution is 9.10. The molecule has 6 heteroatoms. The van der Waals surface area contributed by atoms with Crippen molar-refractivity contribution < 1.29 is 9.59 Å². The zero-order chi connectivity index (χ0) is 19.9. The average Bonchev–Trinajstić information content (AvgIpc) is 2.70.